The van der Waals surface area contributed by atoms with E-state index in [4.69, 9.17) is 10.7 Å². The van der Waals surface area contributed by atoms with Gasteiger partial charge in [-0.3, -0.25) is 4.79 Å². The molecule has 0 bridgehead atoms. The summed E-state index contributed by atoms with van der Waals surface area (Å²) in [6, 6.07) is 2.12. The lowest BCUT2D eigenvalue weighted by Gasteiger charge is -2.14. The highest BCUT2D eigenvalue weighted by atomic mass is 35.7. The van der Waals surface area contributed by atoms with Crippen molar-refractivity contribution < 1.29 is 17.6 Å². The smallest absolute Gasteiger partial charge is 0.261 e. The van der Waals surface area contributed by atoms with Crippen molar-refractivity contribution in [1.82, 2.24) is 5.32 Å². The Labute approximate surface area is 121 Å². The first-order valence-corrected chi connectivity index (χ1v) is 8.56. The second-order valence-electron chi connectivity index (χ2n) is 5.12. The predicted molar refractivity (Wildman–Crippen MR) is 73.8 cm³/mol. The Hall–Kier alpha value is -1.14. The van der Waals surface area contributed by atoms with E-state index in [9.17, 15) is 17.6 Å². The van der Waals surface area contributed by atoms with Crippen LogP contribution < -0.4 is 5.32 Å². The molecule has 1 amide bonds. The van der Waals surface area contributed by atoms with Crippen molar-refractivity contribution in [2.45, 2.75) is 37.6 Å². The zero-order chi connectivity index (χ0) is 15.1. The molecule has 0 aromatic heterocycles. The normalized spacial score (nSPS) is 16.8. The summed E-state index contributed by atoms with van der Waals surface area (Å²) in [5, 5.41) is 2.74. The zero-order valence-corrected chi connectivity index (χ0v) is 12.7. The molecule has 20 heavy (non-hydrogen) atoms. The third-order valence-corrected chi connectivity index (χ3v) is 4.96. The molecule has 0 radical (unpaired) electrons. The summed E-state index contributed by atoms with van der Waals surface area (Å²) in [6.07, 6.45) is 2.12. The van der Waals surface area contributed by atoms with Gasteiger partial charge in [-0.15, -0.1) is 0 Å². The Morgan fingerprint density at radius 1 is 1.45 bits per heavy atom. The molecule has 1 aliphatic rings. The summed E-state index contributed by atoms with van der Waals surface area (Å²) in [7, 11) is 1.16. The largest absolute Gasteiger partial charge is 0.349 e. The highest BCUT2D eigenvalue weighted by Gasteiger charge is 2.29. The Morgan fingerprint density at radius 2 is 2.05 bits per heavy atom. The van der Waals surface area contributed by atoms with Gasteiger partial charge in [0.15, 0.2) is 0 Å². The Morgan fingerprint density at radius 3 is 2.55 bits per heavy atom. The van der Waals surface area contributed by atoms with Crippen molar-refractivity contribution in [2.75, 3.05) is 0 Å². The monoisotopic (exact) mass is 319 g/mol. The molecule has 1 N–H and O–H groups in total. The van der Waals surface area contributed by atoms with Crippen molar-refractivity contribution in [3.05, 3.63) is 29.1 Å². The van der Waals surface area contributed by atoms with Gasteiger partial charge in [0.1, 0.15) is 5.82 Å². The maximum Gasteiger partial charge on any atom is 0.261 e. The molecule has 0 heterocycles. The minimum atomic E-state index is -4.09. The van der Waals surface area contributed by atoms with Crippen LogP contribution in [0, 0.1) is 18.7 Å². The summed E-state index contributed by atoms with van der Waals surface area (Å²) in [5.41, 5.74) is -0.133. The van der Waals surface area contributed by atoms with Crippen molar-refractivity contribution in [1.29, 1.82) is 0 Å². The first-order valence-electron chi connectivity index (χ1n) is 6.26. The van der Waals surface area contributed by atoms with Gasteiger partial charge in [0.05, 0.1) is 4.90 Å². The van der Waals surface area contributed by atoms with Crippen LogP contribution in [-0.2, 0) is 9.05 Å². The third-order valence-electron chi connectivity index (χ3n) is 3.51. The lowest BCUT2D eigenvalue weighted by atomic mass is 10.1. The lowest BCUT2D eigenvalue weighted by molar-refractivity contribution is 0.0935. The molecular formula is C13H15ClFNO3S. The molecule has 1 fully saturated rings. The summed E-state index contributed by atoms with van der Waals surface area (Å²) >= 11 is 0. The Bertz CT molecular complexity index is 656. The van der Waals surface area contributed by atoms with Crippen LogP contribution in [0.5, 0.6) is 0 Å². The van der Waals surface area contributed by atoms with Gasteiger partial charge in [-0.1, -0.05) is 0 Å². The number of amides is 1. The van der Waals surface area contributed by atoms with E-state index >= 15 is 0 Å². The summed E-state index contributed by atoms with van der Waals surface area (Å²) < 4.78 is 36.5. The molecule has 1 aromatic carbocycles. The fourth-order valence-corrected chi connectivity index (χ4v) is 3.25. The van der Waals surface area contributed by atoms with Crippen LogP contribution in [0.15, 0.2) is 17.0 Å². The van der Waals surface area contributed by atoms with E-state index in [1.807, 2.05) is 6.92 Å². The number of hydrogen-bond donors (Lipinski definition) is 1. The Kier molecular flexibility index (Phi) is 4.07. The molecule has 1 saturated carbocycles. The molecule has 1 atom stereocenters. The highest BCUT2D eigenvalue weighted by Crippen LogP contribution is 2.32. The number of halogens is 2. The van der Waals surface area contributed by atoms with Crippen LogP contribution in [0.4, 0.5) is 4.39 Å². The van der Waals surface area contributed by atoms with Gasteiger partial charge in [0, 0.05) is 27.9 Å². The SMILES string of the molecule is Cc1c(F)cc(C(=O)NC(C)C2CC2)cc1S(=O)(=O)Cl. The fraction of sp³-hybridized carbons (Fsp3) is 0.462. The Balaban J connectivity index is 2.32. The quantitative estimate of drug-likeness (QED) is 0.868. The van der Waals surface area contributed by atoms with Gasteiger partial charge in [-0.25, -0.2) is 12.8 Å². The molecule has 110 valence electrons. The van der Waals surface area contributed by atoms with Crippen LogP contribution in [0.1, 0.15) is 35.7 Å². The van der Waals surface area contributed by atoms with Crippen LogP contribution in [0.25, 0.3) is 0 Å². The molecule has 4 nitrogen and oxygen atoms in total. The minimum Gasteiger partial charge on any atom is -0.349 e. The molecule has 2 rings (SSSR count). The molecule has 1 aliphatic carbocycles. The zero-order valence-electron chi connectivity index (χ0n) is 11.1. The summed E-state index contributed by atoms with van der Waals surface area (Å²) in [5.74, 6) is -0.814. The number of benzene rings is 1. The van der Waals surface area contributed by atoms with Gasteiger partial charge in [0.25, 0.3) is 15.0 Å². The van der Waals surface area contributed by atoms with Crippen LogP contribution >= 0.6 is 10.7 Å². The number of rotatable bonds is 4. The minimum absolute atomic E-state index is 0.0112. The predicted octanol–water partition coefficient (Wildman–Crippen LogP) is 2.59. The molecule has 0 spiro atoms. The van der Waals surface area contributed by atoms with Crippen LogP contribution in [0.3, 0.4) is 0 Å². The van der Waals surface area contributed by atoms with Crippen LogP contribution in [0.2, 0.25) is 0 Å². The summed E-state index contributed by atoms with van der Waals surface area (Å²) in [4.78, 5) is 11.6. The summed E-state index contributed by atoms with van der Waals surface area (Å²) in [6.45, 7) is 3.18. The van der Waals surface area contributed by atoms with E-state index in [-0.39, 0.29) is 22.1 Å². The molecule has 1 unspecified atom stereocenters. The van der Waals surface area contributed by atoms with Crippen molar-refractivity contribution in [2.24, 2.45) is 5.92 Å². The highest BCUT2D eigenvalue weighted by molar-refractivity contribution is 8.13. The van der Waals surface area contributed by atoms with Crippen molar-refractivity contribution in [3.8, 4) is 0 Å². The lowest BCUT2D eigenvalue weighted by Crippen LogP contribution is -2.34. The van der Waals surface area contributed by atoms with E-state index in [0.717, 1.165) is 25.0 Å². The second kappa shape index (κ2) is 5.33. The van der Waals surface area contributed by atoms with Gasteiger partial charge >= 0.3 is 0 Å². The van der Waals surface area contributed by atoms with Crippen molar-refractivity contribution >= 4 is 25.6 Å². The van der Waals surface area contributed by atoms with E-state index < -0.39 is 20.8 Å². The second-order valence-corrected chi connectivity index (χ2v) is 7.65. The third kappa shape index (κ3) is 3.30. The number of carbonyl (C=O) groups excluding carboxylic acids is 1. The van der Waals surface area contributed by atoms with Gasteiger partial charge < -0.3 is 5.32 Å². The maximum absolute atomic E-state index is 13.7. The maximum atomic E-state index is 13.7. The number of nitrogens with one attached hydrogen (secondary N) is 1. The van der Waals surface area contributed by atoms with Gasteiger partial charge in [-0.05, 0) is 44.7 Å². The van der Waals surface area contributed by atoms with E-state index in [2.05, 4.69) is 5.32 Å². The molecule has 7 heteroatoms. The standard InChI is InChI=1S/C13H15ClFNO3S/c1-7-11(15)5-10(6-12(7)20(14,18)19)13(17)16-8(2)9-3-4-9/h5-6,8-9H,3-4H2,1-2H3,(H,16,17). The van der Waals surface area contributed by atoms with E-state index in [1.165, 1.54) is 6.92 Å². The number of carbonyl (C=O) groups is 1. The van der Waals surface area contributed by atoms with Gasteiger partial charge in [-0.2, -0.15) is 0 Å². The molecular weight excluding hydrogens is 305 g/mol. The first kappa shape index (κ1) is 15.3. The van der Waals surface area contributed by atoms with E-state index in [1.54, 1.807) is 0 Å². The number of hydrogen-bond acceptors (Lipinski definition) is 3. The molecule has 1 aromatic rings. The first-order chi connectivity index (χ1) is 9.20. The molecule has 0 saturated heterocycles. The topological polar surface area (TPSA) is 63.2 Å². The average Bonchev–Trinajstić information content (AvgIpc) is 3.14. The van der Waals surface area contributed by atoms with Crippen molar-refractivity contribution in [3.63, 3.8) is 0 Å². The fourth-order valence-electron chi connectivity index (χ4n) is 2.04. The van der Waals surface area contributed by atoms with Crippen LogP contribution in [-0.4, -0.2) is 20.4 Å². The molecule has 0 aliphatic heterocycles. The van der Waals surface area contributed by atoms with E-state index in [0.29, 0.717) is 5.92 Å². The average molecular weight is 320 g/mol. The van der Waals surface area contributed by atoms with Gasteiger partial charge in [0.2, 0.25) is 0 Å².